The predicted octanol–water partition coefficient (Wildman–Crippen LogP) is 4.40. The second-order valence-electron chi connectivity index (χ2n) is 7.78. The molecule has 0 saturated carbocycles. The number of anilines is 1. The van der Waals surface area contributed by atoms with Gasteiger partial charge in [-0.25, -0.2) is 8.42 Å². The van der Waals surface area contributed by atoms with Crippen LogP contribution in [0.25, 0.3) is 0 Å². The number of benzene rings is 2. The highest BCUT2D eigenvalue weighted by Crippen LogP contribution is 2.28. The normalized spacial score (nSPS) is 14.9. The number of rotatable bonds is 7. The molecule has 0 atom stereocenters. The van der Waals surface area contributed by atoms with Gasteiger partial charge in [0.05, 0.1) is 6.54 Å². The van der Waals surface area contributed by atoms with Crippen LogP contribution in [0.4, 0.5) is 5.69 Å². The van der Waals surface area contributed by atoms with Crippen LogP contribution < -0.4 is 10.2 Å². The molecule has 1 N–H and O–H groups in total. The average molecular weight is 504 g/mol. The van der Waals surface area contributed by atoms with Gasteiger partial charge in [0.1, 0.15) is 4.21 Å². The lowest BCUT2D eigenvalue weighted by molar-refractivity contribution is 0.0951. The summed E-state index contributed by atoms with van der Waals surface area (Å²) in [5.41, 5.74) is 2.97. The fourth-order valence-corrected chi connectivity index (χ4v) is 6.88. The fourth-order valence-electron chi connectivity index (χ4n) is 3.88. The highest BCUT2D eigenvalue weighted by Gasteiger charge is 2.30. The van der Waals surface area contributed by atoms with E-state index in [1.54, 1.807) is 40.7 Å². The second-order valence-corrected chi connectivity index (χ2v) is 11.6. The molecule has 174 valence electrons. The van der Waals surface area contributed by atoms with Gasteiger partial charge in [-0.2, -0.15) is 4.31 Å². The highest BCUT2D eigenvalue weighted by molar-refractivity contribution is 7.91. The Labute approximate surface area is 203 Å². The van der Waals surface area contributed by atoms with E-state index in [9.17, 15) is 13.2 Å². The van der Waals surface area contributed by atoms with Gasteiger partial charge in [-0.05, 0) is 54.4 Å². The summed E-state index contributed by atoms with van der Waals surface area (Å²) in [6.07, 6.45) is 0.946. The number of piperazine rings is 1. The van der Waals surface area contributed by atoms with E-state index in [0.29, 0.717) is 41.0 Å². The van der Waals surface area contributed by atoms with Gasteiger partial charge in [-0.15, -0.1) is 11.3 Å². The van der Waals surface area contributed by atoms with E-state index in [4.69, 9.17) is 11.6 Å². The molecule has 2 aromatic carbocycles. The molecule has 6 nitrogen and oxygen atoms in total. The van der Waals surface area contributed by atoms with E-state index in [-0.39, 0.29) is 12.5 Å². The molecule has 0 bridgehead atoms. The summed E-state index contributed by atoms with van der Waals surface area (Å²) in [5, 5.41) is 3.39. The van der Waals surface area contributed by atoms with Crippen LogP contribution in [0.5, 0.6) is 0 Å². The SMILES string of the molecule is CCc1ccccc1N1CCN(S(=O)(=O)c2ccc(CNC(=O)c3ccc(Cl)cc3)s2)CC1. The Kier molecular flexibility index (Phi) is 7.38. The minimum Gasteiger partial charge on any atom is -0.369 e. The largest absolute Gasteiger partial charge is 0.369 e. The number of hydrogen-bond donors (Lipinski definition) is 1. The molecule has 1 aromatic heterocycles. The first-order valence-electron chi connectivity index (χ1n) is 10.8. The quantitative estimate of drug-likeness (QED) is 0.518. The molecule has 2 heterocycles. The van der Waals surface area contributed by atoms with Crippen LogP contribution >= 0.6 is 22.9 Å². The number of halogens is 1. The van der Waals surface area contributed by atoms with Crippen molar-refractivity contribution in [3.05, 3.63) is 81.7 Å². The van der Waals surface area contributed by atoms with Gasteiger partial charge in [0, 0.05) is 47.3 Å². The fraction of sp³-hybridized carbons (Fsp3) is 0.292. The summed E-state index contributed by atoms with van der Waals surface area (Å²) in [7, 11) is -3.56. The summed E-state index contributed by atoms with van der Waals surface area (Å²) in [6, 6.07) is 18.3. The summed E-state index contributed by atoms with van der Waals surface area (Å²) in [5.74, 6) is -0.229. The molecule has 1 amide bonds. The zero-order valence-electron chi connectivity index (χ0n) is 18.3. The Bertz CT molecular complexity index is 1220. The summed E-state index contributed by atoms with van der Waals surface area (Å²) in [6.45, 7) is 4.61. The molecule has 3 aromatic rings. The monoisotopic (exact) mass is 503 g/mol. The zero-order valence-corrected chi connectivity index (χ0v) is 20.7. The van der Waals surface area contributed by atoms with Crippen LogP contribution in [0.1, 0.15) is 27.7 Å². The van der Waals surface area contributed by atoms with E-state index in [2.05, 4.69) is 29.3 Å². The third kappa shape index (κ3) is 5.41. The van der Waals surface area contributed by atoms with Crippen molar-refractivity contribution >= 4 is 44.6 Å². The van der Waals surface area contributed by atoms with E-state index in [1.807, 2.05) is 12.1 Å². The predicted molar refractivity (Wildman–Crippen MR) is 134 cm³/mol. The summed E-state index contributed by atoms with van der Waals surface area (Å²) >= 11 is 7.06. The van der Waals surface area contributed by atoms with Gasteiger partial charge in [-0.3, -0.25) is 4.79 Å². The Morgan fingerprint density at radius 1 is 1.00 bits per heavy atom. The van der Waals surface area contributed by atoms with Crippen LogP contribution in [-0.2, 0) is 23.0 Å². The summed E-state index contributed by atoms with van der Waals surface area (Å²) < 4.78 is 28.2. The third-order valence-electron chi connectivity index (χ3n) is 5.71. The first-order valence-corrected chi connectivity index (χ1v) is 13.5. The molecule has 0 spiro atoms. The number of hydrogen-bond acceptors (Lipinski definition) is 5. The molecule has 1 aliphatic heterocycles. The van der Waals surface area contributed by atoms with Crippen molar-refractivity contribution in [3.8, 4) is 0 Å². The van der Waals surface area contributed by atoms with Gasteiger partial charge in [0.2, 0.25) is 0 Å². The maximum atomic E-state index is 13.2. The molecule has 1 saturated heterocycles. The Morgan fingerprint density at radius 2 is 1.70 bits per heavy atom. The smallest absolute Gasteiger partial charge is 0.252 e. The second kappa shape index (κ2) is 10.3. The molecule has 0 aliphatic carbocycles. The van der Waals surface area contributed by atoms with Crippen molar-refractivity contribution in [1.29, 1.82) is 0 Å². The number of nitrogens with one attached hydrogen (secondary N) is 1. The van der Waals surface area contributed by atoms with Gasteiger partial charge in [0.25, 0.3) is 15.9 Å². The Hall–Kier alpha value is -2.39. The van der Waals surface area contributed by atoms with E-state index >= 15 is 0 Å². The van der Waals surface area contributed by atoms with Gasteiger partial charge in [-0.1, -0.05) is 36.7 Å². The van der Waals surface area contributed by atoms with E-state index in [0.717, 1.165) is 11.3 Å². The average Bonchev–Trinajstić information content (AvgIpc) is 3.33. The summed E-state index contributed by atoms with van der Waals surface area (Å²) in [4.78, 5) is 15.3. The molecule has 9 heteroatoms. The van der Waals surface area contributed by atoms with Crippen LogP contribution in [0, 0.1) is 0 Å². The lowest BCUT2D eigenvalue weighted by atomic mass is 10.1. The van der Waals surface area contributed by atoms with Crippen LogP contribution in [0.2, 0.25) is 5.02 Å². The van der Waals surface area contributed by atoms with Crippen molar-refractivity contribution in [1.82, 2.24) is 9.62 Å². The van der Waals surface area contributed by atoms with Crippen LogP contribution in [-0.4, -0.2) is 44.8 Å². The Morgan fingerprint density at radius 3 is 2.39 bits per heavy atom. The van der Waals surface area contributed by atoms with E-state index in [1.165, 1.54) is 22.6 Å². The van der Waals surface area contributed by atoms with Gasteiger partial charge in [0.15, 0.2) is 0 Å². The molecule has 1 fully saturated rings. The van der Waals surface area contributed by atoms with Crippen LogP contribution in [0.15, 0.2) is 64.9 Å². The van der Waals surface area contributed by atoms with Crippen molar-refractivity contribution in [2.75, 3.05) is 31.1 Å². The molecule has 0 unspecified atom stereocenters. The van der Waals surface area contributed by atoms with Crippen molar-refractivity contribution < 1.29 is 13.2 Å². The van der Waals surface area contributed by atoms with Gasteiger partial charge >= 0.3 is 0 Å². The van der Waals surface area contributed by atoms with Crippen molar-refractivity contribution in [2.24, 2.45) is 0 Å². The number of carbonyl (C=O) groups is 1. The maximum absolute atomic E-state index is 13.2. The van der Waals surface area contributed by atoms with Crippen molar-refractivity contribution in [3.63, 3.8) is 0 Å². The molecule has 33 heavy (non-hydrogen) atoms. The highest BCUT2D eigenvalue weighted by atomic mass is 35.5. The number of sulfonamides is 1. The van der Waals surface area contributed by atoms with Crippen molar-refractivity contribution in [2.45, 2.75) is 24.1 Å². The third-order valence-corrected chi connectivity index (χ3v) is 9.42. The standard InChI is InChI=1S/C24H26ClN3O3S2/c1-2-18-5-3-4-6-22(18)27-13-15-28(16-14-27)33(30,31)23-12-11-21(32-23)17-26-24(29)19-7-9-20(25)10-8-19/h3-12H,2,13-17H2,1H3,(H,26,29). The number of carbonyl (C=O) groups excluding carboxylic acids is 1. The number of para-hydroxylation sites is 1. The lowest BCUT2D eigenvalue weighted by Crippen LogP contribution is -2.48. The molecule has 4 rings (SSSR count). The lowest BCUT2D eigenvalue weighted by Gasteiger charge is -2.36. The molecular weight excluding hydrogens is 478 g/mol. The molecular formula is C24H26ClN3O3S2. The first-order chi connectivity index (χ1) is 15.9. The number of aryl methyl sites for hydroxylation is 1. The number of amides is 1. The minimum absolute atomic E-state index is 0.229. The molecule has 1 aliphatic rings. The topological polar surface area (TPSA) is 69.7 Å². The van der Waals surface area contributed by atoms with Crippen LogP contribution in [0.3, 0.4) is 0 Å². The minimum atomic E-state index is -3.56. The first kappa shape index (κ1) is 23.8. The van der Waals surface area contributed by atoms with E-state index < -0.39 is 10.0 Å². The number of thiophene rings is 1. The zero-order chi connectivity index (χ0) is 23.4. The van der Waals surface area contributed by atoms with Gasteiger partial charge < -0.3 is 10.2 Å². The molecule has 0 radical (unpaired) electrons. The number of nitrogens with zero attached hydrogens (tertiary/aromatic N) is 2. The maximum Gasteiger partial charge on any atom is 0.252 e. The Balaban J connectivity index is 1.36.